The summed E-state index contributed by atoms with van der Waals surface area (Å²) < 4.78 is 22.2. The molecule has 2 rings (SSSR count). The third-order valence-corrected chi connectivity index (χ3v) is 3.98. The molecule has 0 saturated heterocycles. The summed E-state index contributed by atoms with van der Waals surface area (Å²) in [6, 6.07) is 16.7. The van der Waals surface area contributed by atoms with Gasteiger partial charge in [-0.05, 0) is 0 Å². The number of ether oxygens (including phenoxy) is 2. The molecule has 0 aromatic heterocycles. The number of benzene rings is 2. The molecule has 0 saturated carbocycles. The van der Waals surface area contributed by atoms with Crippen LogP contribution in [0.25, 0.3) is 0 Å². The molecule has 2 aromatic rings. The van der Waals surface area contributed by atoms with E-state index in [2.05, 4.69) is 0 Å². The molecule has 0 bridgehead atoms. The zero-order valence-electron chi connectivity index (χ0n) is 10.7. The van der Waals surface area contributed by atoms with Crippen molar-refractivity contribution in [3.63, 3.8) is 0 Å². The van der Waals surface area contributed by atoms with Gasteiger partial charge in [-0.1, -0.05) is 0 Å². The van der Waals surface area contributed by atoms with Crippen LogP contribution >= 0.6 is 0 Å². The van der Waals surface area contributed by atoms with Crippen LogP contribution in [0.5, 0.6) is 17.2 Å². The van der Waals surface area contributed by atoms with Gasteiger partial charge in [-0.3, -0.25) is 0 Å². The molecule has 0 radical (unpaired) electrons. The summed E-state index contributed by atoms with van der Waals surface area (Å²) in [5.41, 5.74) is 0. The first-order valence-electron chi connectivity index (χ1n) is 6.02. The zero-order chi connectivity index (χ0) is 14.2. The Bertz CT molecular complexity index is 623. The molecule has 5 heteroatoms. The van der Waals surface area contributed by atoms with Crippen LogP contribution in [-0.4, -0.2) is 20.4 Å². The van der Waals surface area contributed by atoms with Gasteiger partial charge in [-0.2, -0.15) is 0 Å². The standard InChI is InChI=1S/C15H13NO3Se/c16-12-20(17)10-9-18-14-7-4-8-15(11-14)19-13-5-2-1-3-6-13/h1-8,11H,9-10H2. The third kappa shape index (κ3) is 4.51. The van der Waals surface area contributed by atoms with Gasteiger partial charge < -0.3 is 0 Å². The fourth-order valence-electron chi connectivity index (χ4n) is 1.53. The molecule has 0 aliphatic heterocycles. The Morgan fingerprint density at radius 3 is 2.45 bits per heavy atom. The molecule has 102 valence electrons. The SMILES string of the molecule is N#C[Se](=O)CCOc1cccc(Oc2ccccc2)c1. The van der Waals surface area contributed by atoms with Crippen LogP contribution in [0.1, 0.15) is 0 Å². The van der Waals surface area contributed by atoms with Crippen molar-refractivity contribution in [3.05, 3.63) is 54.6 Å². The van der Waals surface area contributed by atoms with Crippen LogP contribution in [0.15, 0.2) is 54.6 Å². The monoisotopic (exact) mass is 335 g/mol. The van der Waals surface area contributed by atoms with Gasteiger partial charge in [-0.25, -0.2) is 0 Å². The molecule has 0 heterocycles. The van der Waals surface area contributed by atoms with E-state index in [0.29, 0.717) is 16.8 Å². The van der Waals surface area contributed by atoms with E-state index in [4.69, 9.17) is 14.7 Å². The minimum absolute atomic E-state index is 0.274. The topological polar surface area (TPSA) is 59.3 Å². The molecule has 0 aliphatic rings. The molecule has 0 aliphatic carbocycles. The Kier molecular flexibility index (Phi) is 5.31. The molecular formula is C15H13NO3Se. The van der Waals surface area contributed by atoms with E-state index < -0.39 is 13.8 Å². The normalized spacial score (nSPS) is 11.3. The number of nitrogens with zero attached hydrogens (tertiary/aromatic N) is 1. The van der Waals surface area contributed by atoms with E-state index in [1.54, 1.807) is 17.1 Å². The van der Waals surface area contributed by atoms with Gasteiger partial charge in [0.15, 0.2) is 0 Å². The van der Waals surface area contributed by atoms with Crippen LogP contribution in [0.2, 0.25) is 5.32 Å². The predicted molar refractivity (Wildman–Crippen MR) is 75.3 cm³/mol. The van der Waals surface area contributed by atoms with Gasteiger partial charge in [0, 0.05) is 0 Å². The summed E-state index contributed by atoms with van der Waals surface area (Å²) in [4.78, 5) is 1.76. The number of nitriles is 1. The summed E-state index contributed by atoms with van der Waals surface area (Å²) in [5, 5.41) is 8.75. The van der Waals surface area contributed by atoms with E-state index in [1.807, 2.05) is 42.5 Å². The van der Waals surface area contributed by atoms with Gasteiger partial charge in [0.05, 0.1) is 0 Å². The van der Waals surface area contributed by atoms with E-state index in [0.717, 1.165) is 5.75 Å². The Morgan fingerprint density at radius 2 is 1.70 bits per heavy atom. The first-order valence-corrected chi connectivity index (χ1v) is 8.78. The average molecular weight is 334 g/mol. The second-order valence-electron chi connectivity index (χ2n) is 3.88. The van der Waals surface area contributed by atoms with Gasteiger partial charge in [0.2, 0.25) is 0 Å². The molecule has 20 heavy (non-hydrogen) atoms. The van der Waals surface area contributed by atoms with E-state index in [1.165, 1.54) is 0 Å². The van der Waals surface area contributed by atoms with Crippen LogP contribution in [-0.2, 0) is 3.83 Å². The van der Waals surface area contributed by atoms with E-state index in [-0.39, 0.29) is 6.61 Å². The number of rotatable bonds is 6. The second kappa shape index (κ2) is 7.44. The van der Waals surface area contributed by atoms with Crippen molar-refractivity contribution in [2.75, 3.05) is 6.61 Å². The summed E-state index contributed by atoms with van der Waals surface area (Å²) >= 11 is -2.37. The van der Waals surface area contributed by atoms with Gasteiger partial charge in [-0.15, -0.1) is 0 Å². The van der Waals surface area contributed by atoms with Crippen LogP contribution in [0.4, 0.5) is 0 Å². The predicted octanol–water partition coefficient (Wildman–Crippen LogP) is 3.34. The number of hydrogen-bond donors (Lipinski definition) is 0. The third-order valence-electron chi connectivity index (χ3n) is 2.42. The zero-order valence-corrected chi connectivity index (χ0v) is 12.4. The Labute approximate surface area is 121 Å². The van der Waals surface area contributed by atoms with E-state index >= 15 is 0 Å². The minimum atomic E-state index is -2.37. The Morgan fingerprint density at radius 1 is 1.00 bits per heavy atom. The number of hydrogen-bond acceptors (Lipinski definition) is 4. The van der Waals surface area contributed by atoms with Gasteiger partial charge in [0.25, 0.3) is 0 Å². The van der Waals surface area contributed by atoms with Crippen LogP contribution in [0.3, 0.4) is 0 Å². The molecule has 4 nitrogen and oxygen atoms in total. The molecule has 1 atom stereocenters. The fourth-order valence-corrected chi connectivity index (χ4v) is 2.22. The quantitative estimate of drug-likeness (QED) is 0.760. The summed E-state index contributed by atoms with van der Waals surface area (Å²) in [7, 11) is 0. The molecule has 2 aromatic carbocycles. The Balaban J connectivity index is 1.94. The van der Waals surface area contributed by atoms with Crippen molar-refractivity contribution in [2.24, 2.45) is 0 Å². The maximum atomic E-state index is 11.1. The molecule has 0 fully saturated rings. The summed E-state index contributed by atoms with van der Waals surface area (Å²) in [6.07, 6.45) is 0. The van der Waals surface area contributed by atoms with E-state index in [9.17, 15) is 3.83 Å². The summed E-state index contributed by atoms with van der Waals surface area (Å²) in [6.45, 7) is 0.274. The number of para-hydroxylation sites is 1. The van der Waals surface area contributed by atoms with Gasteiger partial charge in [0.1, 0.15) is 0 Å². The first kappa shape index (κ1) is 14.3. The van der Waals surface area contributed by atoms with Crippen molar-refractivity contribution in [1.82, 2.24) is 0 Å². The first-order chi connectivity index (χ1) is 9.78. The van der Waals surface area contributed by atoms with Crippen molar-refractivity contribution < 1.29 is 13.3 Å². The molecule has 0 spiro atoms. The maximum absolute atomic E-state index is 11.1. The van der Waals surface area contributed by atoms with Crippen molar-refractivity contribution in [2.45, 2.75) is 5.32 Å². The Hall–Kier alpha value is -2.15. The molecule has 1 unspecified atom stereocenters. The molecule has 0 amide bonds. The van der Waals surface area contributed by atoms with Crippen LogP contribution in [0, 0.1) is 10.2 Å². The van der Waals surface area contributed by atoms with Crippen molar-refractivity contribution in [1.29, 1.82) is 5.26 Å². The molecule has 0 N–H and O–H groups in total. The van der Waals surface area contributed by atoms with Crippen molar-refractivity contribution >= 4 is 13.8 Å². The average Bonchev–Trinajstić information content (AvgIpc) is 2.48. The van der Waals surface area contributed by atoms with Gasteiger partial charge >= 0.3 is 121 Å². The molecular weight excluding hydrogens is 321 g/mol. The summed E-state index contributed by atoms with van der Waals surface area (Å²) in [5.74, 6) is 2.05. The van der Waals surface area contributed by atoms with Crippen molar-refractivity contribution in [3.8, 4) is 22.2 Å². The van der Waals surface area contributed by atoms with Crippen LogP contribution < -0.4 is 9.47 Å². The fraction of sp³-hybridized carbons (Fsp3) is 0.133. The second-order valence-corrected chi connectivity index (χ2v) is 6.57.